The molecule has 2 aliphatic rings. The fourth-order valence-electron chi connectivity index (χ4n) is 3.31. The molecule has 3 rings (SSSR count). The van der Waals surface area contributed by atoms with Crippen molar-refractivity contribution in [3.63, 3.8) is 0 Å². The molecule has 0 atom stereocenters. The zero-order valence-corrected chi connectivity index (χ0v) is 16.6. The molecule has 1 aromatic rings. The van der Waals surface area contributed by atoms with E-state index >= 15 is 0 Å². The van der Waals surface area contributed by atoms with Crippen LogP contribution in [0.4, 0.5) is 4.79 Å². The van der Waals surface area contributed by atoms with Crippen molar-refractivity contribution in [1.82, 2.24) is 9.80 Å². The molecule has 0 saturated heterocycles. The van der Waals surface area contributed by atoms with Crippen LogP contribution in [0, 0.1) is 0 Å². The fraction of sp³-hybridized carbons (Fsp3) is 0.500. The Hall–Kier alpha value is -2.43. The number of carbonyl (C=O) groups is 1. The van der Waals surface area contributed by atoms with Gasteiger partial charge in [-0.1, -0.05) is 24.3 Å². The van der Waals surface area contributed by atoms with E-state index in [-0.39, 0.29) is 6.09 Å². The zero-order chi connectivity index (χ0) is 19.3. The molecule has 0 aromatic heterocycles. The summed E-state index contributed by atoms with van der Waals surface area (Å²) in [5, 5.41) is 0. The summed E-state index contributed by atoms with van der Waals surface area (Å²) in [6.07, 6.45) is 9.94. The number of ether oxygens (including phenoxy) is 2. The Labute approximate surface area is 162 Å². The minimum absolute atomic E-state index is 0.247. The predicted octanol–water partition coefficient (Wildman–Crippen LogP) is 4.13. The summed E-state index contributed by atoms with van der Waals surface area (Å²) in [6.45, 7) is 9.57. The molecule has 0 saturated carbocycles. The fourth-order valence-corrected chi connectivity index (χ4v) is 3.31. The van der Waals surface area contributed by atoms with Gasteiger partial charge < -0.3 is 19.3 Å². The molecule has 5 heteroatoms. The van der Waals surface area contributed by atoms with Gasteiger partial charge >= 0.3 is 6.09 Å². The van der Waals surface area contributed by atoms with E-state index in [2.05, 4.69) is 35.4 Å². The van der Waals surface area contributed by atoms with Crippen molar-refractivity contribution in [3.8, 4) is 5.75 Å². The Morgan fingerprint density at radius 2 is 2.07 bits per heavy atom. The molecule has 0 fully saturated rings. The number of benzene rings is 1. The number of fused-ring (bicyclic) bond motifs is 1. The van der Waals surface area contributed by atoms with Crippen molar-refractivity contribution in [1.29, 1.82) is 0 Å². The van der Waals surface area contributed by atoms with Gasteiger partial charge in [-0.25, -0.2) is 4.79 Å². The van der Waals surface area contributed by atoms with E-state index in [1.54, 1.807) is 4.90 Å². The summed E-state index contributed by atoms with van der Waals surface area (Å²) in [7, 11) is 0. The normalized spacial score (nSPS) is 16.3. The molecule has 5 nitrogen and oxygen atoms in total. The second-order valence-electron chi connectivity index (χ2n) is 8.01. The zero-order valence-electron chi connectivity index (χ0n) is 16.6. The Kier molecular flexibility index (Phi) is 6.09. The molecule has 1 amide bonds. The van der Waals surface area contributed by atoms with E-state index < -0.39 is 5.60 Å². The highest BCUT2D eigenvalue weighted by atomic mass is 16.6. The first-order valence-corrected chi connectivity index (χ1v) is 9.71. The quantitative estimate of drug-likeness (QED) is 0.731. The summed E-state index contributed by atoms with van der Waals surface area (Å²) in [4.78, 5) is 16.4. The Bertz CT molecular complexity index is 719. The van der Waals surface area contributed by atoms with Crippen LogP contribution in [0.3, 0.4) is 0 Å². The van der Waals surface area contributed by atoms with Gasteiger partial charge in [0.05, 0.1) is 6.61 Å². The van der Waals surface area contributed by atoms with Crippen LogP contribution in [0.5, 0.6) is 5.75 Å². The molecule has 0 bridgehead atoms. The number of amides is 1. The van der Waals surface area contributed by atoms with Crippen molar-refractivity contribution in [2.45, 2.75) is 45.8 Å². The number of hydrogen-bond acceptors (Lipinski definition) is 4. The number of carbonyl (C=O) groups excluding carboxylic acids is 1. The molecule has 146 valence electrons. The lowest BCUT2D eigenvalue weighted by atomic mass is 9.99. The van der Waals surface area contributed by atoms with Crippen molar-refractivity contribution in [3.05, 3.63) is 53.8 Å². The first kappa shape index (κ1) is 19.3. The molecule has 0 unspecified atom stereocenters. The molecular formula is C22H30N2O3. The third kappa shape index (κ3) is 5.52. The van der Waals surface area contributed by atoms with Gasteiger partial charge in [-0.2, -0.15) is 0 Å². The number of nitrogens with zero attached hydrogens (tertiary/aromatic N) is 2. The molecule has 27 heavy (non-hydrogen) atoms. The van der Waals surface area contributed by atoms with Gasteiger partial charge in [-0.3, -0.25) is 0 Å². The maximum Gasteiger partial charge on any atom is 0.410 e. The molecule has 0 radical (unpaired) electrons. The highest BCUT2D eigenvalue weighted by Crippen LogP contribution is 2.29. The van der Waals surface area contributed by atoms with E-state index in [9.17, 15) is 4.79 Å². The largest absolute Gasteiger partial charge is 0.493 e. The number of rotatable bonds is 5. The van der Waals surface area contributed by atoms with Crippen molar-refractivity contribution >= 4 is 6.09 Å². The SMILES string of the molecule is CC(C)(C)OC(=O)N1CCc2c(cccc2OCCCN2C=CC=CC2)C1. The summed E-state index contributed by atoms with van der Waals surface area (Å²) < 4.78 is 11.6. The second kappa shape index (κ2) is 8.51. The summed E-state index contributed by atoms with van der Waals surface area (Å²) in [5.41, 5.74) is 1.90. The van der Waals surface area contributed by atoms with E-state index in [1.807, 2.05) is 32.9 Å². The Balaban J connectivity index is 1.53. The molecular weight excluding hydrogens is 340 g/mol. The maximum atomic E-state index is 12.3. The first-order chi connectivity index (χ1) is 12.9. The average Bonchev–Trinajstić information content (AvgIpc) is 2.64. The van der Waals surface area contributed by atoms with Crippen molar-refractivity contribution < 1.29 is 14.3 Å². The lowest BCUT2D eigenvalue weighted by molar-refractivity contribution is 0.0223. The molecule has 1 aromatic carbocycles. The van der Waals surface area contributed by atoms with Gasteiger partial charge in [-0.15, -0.1) is 0 Å². The molecule has 0 N–H and O–H groups in total. The van der Waals surface area contributed by atoms with Gasteiger partial charge in [0.2, 0.25) is 0 Å². The summed E-state index contributed by atoms with van der Waals surface area (Å²) in [5.74, 6) is 0.949. The minimum atomic E-state index is -0.471. The number of hydrogen-bond donors (Lipinski definition) is 0. The third-order valence-corrected chi connectivity index (χ3v) is 4.61. The lowest BCUT2D eigenvalue weighted by Gasteiger charge is -2.32. The third-order valence-electron chi connectivity index (χ3n) is 4.61. The first-order valence-electron chi connectivity index (χ1n) is 9.71. The Morgan fingerprint density at radius 3 is 2.81 bits per heavy atom. The predicted molar refractivity (Wildman–Crippen MR) is 107 cm³/mol. The van der Waals surface area contributed by atoms with Crippen LogP contribution in [0.2, 0.25) is 0 Å². The van der Waals surface area contributed by atoms with Gasteiger partial charge in [0.1, 0.15) is 11.4 Å². The average molecular weight is 370 g/mol. The molecule has 2 heterocycles. The number of allylic oxidation sites excluding steroid dienone is 2. The highest BCUT2D eigenvalue weighted by molar-refractivity contribution is 5.69. The smallest absolute Gasteiger partial charge is 0.410 e. The van der Waals surface area contributed by atoms with Crippen molar-refractivity contribution in [2.24, 2.45) is 0 Å². The molecule has 0 aliphatic carbocycles. The van der Waals surface area contributed by atoms with Crippen LogP contribution in [0.1, 0.15) is 38.3 Å². The van der Waals surface area contributed by atoms with Crippen LogP contribution in [-0.4, -0.2) is 47.7 Å². The van der Waals surface area contributed by atoms with Crippen LogP contribution in [-0.2, 0) is 17.7 Å². The second-order valence-corrected chi connectivity index (χ2v) is 8.01. The summed E-state index contributed by atoms with van der Waals surface area (Å²) in [6, 6.07) is 6.11. The van der Waals surface area contributed by atoms with Gasteiger partial charge in [-0.05, 0) is 57.5 Å². The highest BCUT2D eigenvalue weighted by Gasteiger charge is 2.26. The molecule has 2 aliphatic heterocycles. The van der Waals surface area contributed by atoms with Gasteiger partial charge in [0, 0.05) is 31.7 Å². The maximum absolute atomic E-state index is 12.3. The van der Waals surface area contributed by atoms with E-state index in [0.717, 1.165) is 37.2 Å². The van der Waals surface area contributed by atoms with E-state index in [4.69, 9.17) is 9.47 Å². The van der Waals surface area contributed by atoms with Crippen LogP contribution < -0.4 is 4.74 Å². The standard InChI is InChI=1S/C22H30N2O3/c1-22(2,3)27-21(25)24-15-11-19-18(17-24)9-7-10-20(19)26-16-8-14-23-12-5-4-6-13-23/h4-7,9-10,12H,8,11,13-17H2,1-3H3. The van der Waals surface area contributed by atoms with Crippen LogP contribution >= 0.6 is 0 Å². The van der Waals surface area contributed by atoms with Crippen molar-refractivity contribution in [2.75, 3.05) is 26.2 Å². The van der Waals surface area contributed by atoms with E-state index in [0.29, 0.717) is 19.7 Å². The minimum Gasteiger partial charge on any atom is -0.493 e. The lowest BCUT2D eigenvalue weighted by Crippen LogP contribution is -2.40. The van der Waals surface area contributed by atoms with Gasteiger partial charge in [0.25, 0.3) is 0 Å². The topological polar surface area (TPSA) is 42.0 Å². The monoisotopic (exact) mass is 370 g/mol. The molecule has 0 spiro atoms. The Morgan fingerprint density at radius 1 is 1.22 bits per heavy atom. The van der Waals surface area contributed by atoms with Gasteiger partial charge in [0.15, 0.2) is 0 Å². The summed E-state index contributed by atoms with van der Waals surface area (Å²) >= 11 is 0. The van der Waals surface area contributed by atoms with Crippen LogP contribution in [0.15, 0.2) is 42.6 Å². The van der Waals surface area contributed by atoms with Crippen LogP contribution in [0.25, 0.3) is 0 Å². The van der Waals surface area contributed by atoms with E-state index in [1.165, 1.54) is 5.56 Å².